The Morgan fingerprint density at radius 3 is 2.42 bits per heavy atom. The van der Waals surface area contributed by atoms with Crippen LogP contribution in [0.25, 0.3) is 21.7 Å². The number of anilines is 2. The van der Waals surface area contributed by atoms with Gasteiger partial charge in [-0.1, -0.05) is 23.2 Å². The van der Waals surface area contributed by atoms with Gasteiger partial charge in [0.25, 0.3) is 0 Å². The van der Waals surface area contributed by atoms with Gasteiger partial charge in [-0.2, -0.15) is 5.26 Å². The maximum atomic E-state index is 9.73. The van der Waals surface area contributed by atoms with E-state index in [1.165, 1.54) is 13.3 Å². The minimum Gasteiger partial charge on any atom is -0.495 e. The van der Waals surface area contributed by atoms with Crippen LogP contribution in [0.5, 0.6) is 17.2 Å². The number of alkyl halides is 1. The van der Waals surface area contributed by atoms with E-state index in [-0.39, 0.29) is 0 Å². The maximum Gasteiger partial charge on any atom is 0.168 e. The highest BCUT2D eigenvalue weighted by Crippen LogP contribution is 2.42. The number of methoxy groups -OCH3 is 2. The molecule has 0 bridgehead atoms. The van der Waals surface area contributed by atoms with Crippen LogP contribution in [0.15, 0.2) is 42.6 Å². The number of pyridine rings is 1. The van der Waals surface area contributed by atoms with Crippen LogP contribution in [0.3, 0.4) is 0 Å². The molecule has 0 saturated heterocycles. The molecule has 0 amide bonds. The number of halogens is 3. The molecule has 6 nitrogen and oxygen atoms in total. The Balaban J connectivity index is 1.92. The van der Waals surface area contributed by atoms with Crippen molar-refractivity contribution < 1.29 is 14.2 Å². The average Bonchev–Trinajstić information content (AvgIpc) is 2.83. The second kappa shape index (κ2) is 9.80. The highest BCUT2D eigenvalue weighted by molar-refractivity contribution is 6.37. The van der Waals surface area contributed by atoms with E-state index in [9.17, 15) is 5.26 Å². The summed E-state index contributed by atoms with van der Waals surface area (Å²) in [7, 11) is 3.10. The molecule has 1 N–H and O–H groups in total. The Labute approximate surface area is 205 Å². The Hall–Kier alpha value is -3.11. The number of fused-ring (bicyclic) bond motifs is 3. The first-order chi connectivity index (χ1) is 16.0. The molecule has 0 radical (unpaired) electrons. The lowest BCUT2D eigenvalue weighted by molar-refractivity contribution is 0.315. The van der Waals surface area contributed by atoms with Gasteiger partial charge in [0.2, 0.25) is 0 Å². The quantitative estimate of drug-likeness (QED) is 0.218. The Bertz CT molecular complexity index is 1400. The fraction of sp³-hybridized carbons (Fsp3) is 0.167. The second-order valence-electron chi connectivity index (χ2n) is 6.94. The van der Waals surface area contributed by atoms with Crippen molar-refractivity contribution in [1.82, 2.24) is 4.98 Å². The normalized spacial score (nSPS) is 10.8. The highest BCUT2D eigenvalue weighted by atomic mass is 35.5. The highest BCUT2D eigenvalue weighted by Gasteiger charge is 2.17. The number of rotatable bonds is 7. The van der Waals surface area contributed by atoms with Gasteiger partial charge >= 0.3 is 0 Å². The number of hydrogen-bond acceptors (Lipinski definition) is 6. The molecule has 1 aromatic heterocycles. The summed E-state index contributed by atoms with van der Waals surface area (Å²) in [5.41, 5.74) is 2.16. The Kier molecular flexibility index (Phi) is 6.85. The molecule has 0 atom stereocenters. The summed E-state index contributed by atoms with van der Waals surface area (Å²) in [6, 6.07) is 13.0. The van der Waals surface area contributed by atoms with E-state index >= 15 is 0 Å². The summed E-state index contributed by atoms with van der Waals surface area (Å²) in [4.78, 5) is 4.56. The van der Waals surface area contributed by atoms with E-state index < -0.39 is 0 Å². The summed E-state index contributed by atoms with van der Waals surface area (Å²) in [6.07, 6.45) is 1.52. The minimum atomic E-state index is 0.361. The van der Waals surface area contributed by atoms with Crippen LogP contribution in [-0.2, 0) is 0 Å². The van der Waals surface area contributed by atoms with E-state index in [0.717, 1.165) is 16.2 Å². The first kappa shape index (κ1) is 23.1. The molecule has 0 aliphatic carbocycles. The Morgan fingerprint density at radius 1 is 0.970 bits per heavy atom. The molecule has 4 aromatic rings. The lowest BCUT2D eigenvalue weighted by Gasteiger charge is -2.17. The standard InChI is InChI=1S/C24H18Cl3N3O3/c1-31-21-10-19(17(26)9-18(21)27)30-22-13(11-28)12-29-23-14-5-6-20(33-8-7-25)24(32-2)15(14)3-4-16(22)23/h3-6,9-10,12H,7-8H2,1-2H3,(H,29,30). The SMILES string of the molecule is COc1cc(Nc2c(C#N)cnc3c2ccc2c(OC)c(OCCCl)ccc23)c(Cl)cc1Cl. The molecule has 0 aliphatic rings. The molecule has 0 saturated carbocycles. The predicted molar refractivity (Wildman–Crippen MR) is 133 cm³/mol. The molecule has 3 aromatic carbocycles. The summed E-state index contributed by atoms with van der Waals surface area (Å²) < 4.78 is 16.6. The van der Waals surface area contributed by atoms with Gasteiger partial charge in [0.1, 0.15) is 18.4 Å². The molecule has 0 aliphatic heterocycles. The van der Waals surface area contributed by atoms with Gasteiger partial charge in [0, 0.05) is 28.4 Å². The third-order valence-electron chi connectivity index (χ3n) is 5.11. The van der Waals surface area contributed by atoms with Gasteiger partial charge < -0.3 is 19.5 Å². The largest absolute Gasteiger partial charge is 0.495 e. The zero-order valence-corrected chi connectivity index (χ0v) is 20.0. The van der Waals surface area contributed by atoms with Crippen molar-refractivity contribution in [2.45, 2.75) is 0 Å². The van der Waals surface area contributed by atoms with Crippen LogP contribution in [0.1, 0.15) is 5.56 Å². The summed E-state index contributed by atoms with van der Waals surface area (Å²) in [6.45, 7) is 0.361. The van der Waals surface area contributed by atoms with Gasteiger partial charge in [-0.05, 0) is 30.3 Å². The van der Waals surface area contributed by atoms with Gasteiger partial charge in [0.15, 0.2) is 11.5 Å². The second-order valence-corrected chi connectivity index (χ2v) is 8.13. The van der Waals surface area contributed by atoms with E-state index in [0.29, 0.717) is 62.2 Å². The van der Waals surface area contributed by atoms with Crippen molar-refractivity contribution in [3.05, 3.63) is 58.2 Å². The van der Waals surface area contributed by atoms with Gasteiger partial charge in [-0.25, -0.2) is 0 Å². The van der Waals surface area contributed by atoms with Crippen LogP contribution in [0, 0.1) is 11.3 Å². The van der Waals surface area contributed by atoms with Crippen LogP contribution >= 0.6 is 34.8 Å². The van der Waals surface area contributed by atoms with Crippen molar-refractivity contribution in [2.24, 2.45) is 0 Å². The molecule has 0 unspecified atom stereocenters. The van der Waals surface area contributed by atoms with Crippen molar-refractivity contribution >= 4 is 67.9 Å². The van der Waals surface area contributed by atoms with E-state index in [2.05, 4.69) is 16.4 Å². The number of nitriles is 1. The van der Waals surface area contributed by atoms with Crippen LogP contribution in [0.4, 0.5) is 11.4 Å². The van der Waals surface area contributed by atoms with Crippen LogP contribution < -0.4 is 19.5 Å². The molecule has 0 spiro atoms. The third kappa shape index (κ3) is 4.28. The topological polar surface area (TPSA) is 76.4 Å². The summed E-state index contributed by atoms with van der Waals surface area (Å²) in [5, 5.41) is 16.2. The fourth-order valence-corrected chi connectivity index (χ4v) is 4.21. The zero-order valence-electron chi connectivity index (χ0n) is 17.7. The average molecular weight is 503 g/mol. The number of hydrogen-bond donors (Lipinski definition) is 1. The first-order valence-electron chi connectivity index (χ1n) is 9.83. The lowest BCUT2D eigenvalue weighted by atomic mass is 10.0. The summed E-state index contributed by atoms with van der Waals surface area (Å²) in [5.74, 6) is 2.01. The molecule has 1 heterocycles. The van der Waals surface area contributed by atoms with E-state index in [1.54, 1.807) is 19.2 Å². The Morgan fingerprint density at radius 2 is 1.73 bits per heavy atom. The van der Waals surface area contributed by atoms with Crippen molar-refractivity contribution in [3.8, 4) is 23.3 Å². The fourth-order valence-electron chi connectivity index (χ4n) is 3.63. The molecule has 4 rings (SSSR count). The summed E-state index contributed by atoms with van der Waals surface area (Å²) >= 11 is 18.3. The van der Waals surface area contributed by atoms with Crippen LogP contribution in [0.2, 0.25) is 10.0 Å². The van der Waals surface area contributed by atoms with Gasteiger partial charge in [-0.15, -0.1) is 11.6 Å². The number of nitrogens with zero attached hydrogens (tertiary/aromatic N) is 2. The van der Waals surface area contributed by atoms with Crippen molar-refractivity contribution in [1.29, 1.82) is 5.26 Å². The molecular weight excluding hydrogens is 485 g/mol. The van der Waals surface area contributed by atoms with Gasteiger partial charge in [0.05, 0.1) is 52.6 Å². The predicted octanol–water partition coefficient (Wildman–Crippen LogP) is 6.94. The smallest absolute Gasteiger partial charge is 0.168 e. The molecule has 0 fully saturated rings. The molecule has 33 heavy (non-hydrogen) atoms. The third-order valence-corrected chi connectivity index (χ3v) is 5.87. The van der Waals surface area contributed by atoms with Crippen molar-refractivity contribution in [3.63, 3.8) is 0 Å². The monoisotopic (exact) mass is 501 g/mol. The number of aromatic nitrogens is 1. The number of ether oxygens (including phenoxy) is 3. The maximum absolute atomic E-state index is 9.73. The van der Waals surface area contributed by atoms with E-state index in [1.807, 2.05) is 24.3 Å². The number of benzene rings is 3. The molecular formula is C24H18Cl3N3O3. The van der Waals surface area contributed by atoms with Crippen molar-refractivity contribution in [2.75, 3.05) is 32.0 Å². The van der Waals surface area contributed by atoms with E-state index in [4.69, 9.17) is 49.0 Å². The first-order valence-corrected chi connectivity index (χ1v) is 11.1. The molecule has 168 valence electrons. The molecule has 9 heteroatoms. The van der Waals surface area contributed by atoms with Crippen LogP contribution in [-0.4, -0.2) is 31.7 Å². The zero-order chi connectivity index (χ0) is 23.5. The lowest BCUT2D eigenvalue weighted by Crippen LogP contribution is -2.01. The van der Waals surface area contributed by atoms with Gasteiger partial charge in [-0.3, -0.25) is 4.98 Å². The minimum absolute atomic E-state index is 0.361. The number of nitrogens with one attached hydrogen (secondary N) is 1.